The van der Waals surface area contributed by atoms with Crippen molar-refractivity contribution in [1.82, 2.24) is 30.2 Å². The van der Waals surface area contributed by atoms with Crippen molar-refractivity contribution >= 4 is 5.96 Å². The summed E-state index contributed by atoms with van der Waals surface area (Å²) in [7, 11) is 1.80. The molecule has 0 aliphatic carbocycles. The van der Waals surface area contributed by atoms with Crippen LogP contribution in [0.3, 0.4) is 0 Å². The molecule has 2 aromatic rings. The summed E-state index contributed by atoms with van der Waals surface area (Å²) in [6.45, 7) is 11.8. The number of guanidine groups is 1. The summed E-state index contributed by atoms with van der Waals surface area (Å²) in [4.78, 5) is 4.27. The second kappa shape index (κ2) is 9.25. The van der Waals surface area contributed by atoms with E-state index in [2.05, 4.69) is 61.2 Å². The van der Waals surface area contributed by atoms with Gasteiger partial charge in [-0.3, -0.25) is 14.4 Å². The van der Waals surface area contributed by atoms with Crippen LogP contribution in [0.5, 0.6) is 0 Å². The SMILES string of the molecule is CN=C(NCCCn1nc(C)cc1C)NCCCn1nc(C)cc1C. The zero-order valence-electron chi connectivity index (χ0n) is 16.1. The van der Waals surface area contributed by atoms with Gasteiger partial charge in [0.15, 0.2) is 5.96 Å². The summed E-state index contributed by atoms with van der Waals surface area (Å²) in [6.07, 6.45) is 2.02. The van der Waals surface area contributed by atoms with Gasteiger partial charge in [0.2, 0.25) is 0 Å². The van der Waals surface area contributed by atoms with Crippen LogP contribution in [0, 0.1) is 27.7 Å². The van der Waals surface area contributed by atoms with E-state index in [1.807, 2.05) is 13.8 Å². The van der Waals surface area contributed by atoms with E-state index in [-0.39, 0.29) is 0 Å². The molecule has 0 unspecified atom stereocenters. The molecular formula is C18H31N7. The minimum Gasteiger partial charge on any atom is -0.356 e. The highest BCUT2D eigenvalue weighted by Crippen LogP contribution is 2.03. The predicted octanol–water partition coefficient (Wildman–Crippen LogP) is 1.96. The molecule has 0 spiro atoms. The van der Waals surface area contributed by atoms with Crippen molar-refractivity contribution in [1.29, 1.82) is 0 Å². The van der Waals surface area contributed by atoms with Gasteiger partial charge in [-0.15, -0.1) is 0 Å². The van der Waals surface area contributed by atoms with Crippen molar-refractivity contribution in [3.05, 3.63) is 34.9 Å². The van der Waals surface area contributed by atoms with Gasteiger partial charge in [0, 0.05) is 44.6 Å². The van der Waals surface area contributed by atoms with Gasteiger partial charge in [-0.25, -0.2) is 0 Å². The highest BCUT2D eigenvalue weighted by atomic mass is 15.3. The van der Waals surface area contributed by atoms with E-state index < -0.39 is 0 Å². The molecule has 0 amide bonds. The molecule has 2 N–H and O–H groups in total. The molecule has 0 saturated heterocycles. The predicted molar refractivity (Wildman–Crippen MR) is 102 cm³/mol. The number of nitrogens with zero attached hydrogens (tertiary/aromatic N) is 5. The maximum absolute atomic E-state index is 4.48. The average molecular weight is 345 g/mol. The zero-order chi connectivity index (χ0) is 18.2. The number of aliphatic imine (C=N–C) groups is 1. The Morgan fingerprint density at radius 2 is 1.32 bits per heavy atom. The van der Waals surface area contributed by atoms with Gasteiger partial charge in [-0.2, -0.15) is 10.2 Å². The smallest absolute Gasteiger partial charge is 0.190 e. The van der Waals surface area contributed by atoms with Crippen LogP contribution in [-0.2, 0) is 13.1 Å². The van der Waals surface area contributed by atoms with Crippen LogP contribution in [-0.4, -0.2) is 45.7 Å². The number of aromatic nitrogens is 4. The third kappa shape index (κ3) is 5.92. The van der Waals surface area contributed by atoms with E-state index in [4.69, 9.17) is 0 Å². The standard InChI is InChI=1S/C18H31N7/c1-14-12-16(3)24(22-14)10-6-8-20-18(19-5)21-9-7-11-25-17(4)13-15(2)23-25/h12-13H,6-11H2,1-5H3,(H2,19,20,21). The van der Waals surface area contributed by atoms with Crippen LogP contribution in [0.15, 0.2) is 17.1 Å². The minimum absolute atomic E-state index is 0.849. The third-order valence-electron chi connectivity index (χ3n) is 4.11. The van der Waals surface area contributed by atoms with Gasteiger partial charge in [0.1, 0.15) is 0 Å². The van der Waals surface area contributed by atoms with Crippen molar-refractivity contribution in [2.75, 3.05) is 20.1 Å². The molecule has 7 nitrogen and oxygen atoms in total. The Kier molecular flexibility index (Phi) is 7.03. The number of nitrogens with one attached hydrogen (secondary N) is 2. The van der Waals surface area contributed by atoms with E-state index in [1.54, 1.807) is 7.05 Å². The molecule has 138 valence electrons. The summed E-state index contributed by atoms with van der Waals surface area (Å²) < 4.78 is 4.11. The highest BCUT2D eigenvalue weighted by Gasteiger charge is 2.02. The van der Waals surface area contributed by atoms with Crippen molar-refractivity contribution in [3.63, 3.8) is 0 Å². The van der Waals surface area contributed by atoms with Crippen LogP contribution in [0.25, 0.3) is 0 Å². The Morgan fingerprint density at radius 1 is 0.880 bits per heavy atom. The lowest BCUT2D eigenvalue weighted by Gasteiger charge is -2.12. The van der Waals surface area contributed by atoms with E-state index in [0.717, 1.165) is 56.4 Å². The number of rotatable bonds is 8. The summed E-state index contributed by atoms with van der Waals surface area (Å²) in [5.74, 6) is 0.849. The van der Waals surface area contributed by atoms with Crippen LogP contribution in [0.4, 0.5) is 0 Å². The average Bonchev–Trinajstić information content (AvgIpc) is 3.06. The maximum Gasteiger partial charge on any atom is 0.190 e. The topological polar surface area (TPSA) is 72.1 Å². The molecule has 0 saturated carbocycles. The maximum atomic E-state index is 4.48. The number of hydrogen-bond donors (Lipinski definition) is 2. The Morgan fingerprint density at radius 3 is 1.64 bits per heavy atom. The van der Waals surface area contributed by atoms with Crippen molar-refractivity contribution < 1.29 is 0 Å². The summed E-state index contributed by atoms with van der Waals surface area (Å²) in [6, 6.07) is 4.22. The lowest BCUT2D eigenvalue weighted by Crippen LogP contribution is -2.38. The molecule has 2 rings (SSSR count). The molecule has 0 bridgehead atoms. The molecular weight excluding hydrogens is 314 g/mol. The van der Waals surface area contributed by atoms with Gasteiger partial charge in [-0.05, 0) is 52.7 Å². The van der Waals surface area contributed by atoms with Crippen LogP contribution in [0.1, 0.15) is 35.6 Å². The number of hydrogen-bond acceptors (Lipinski definition) is 3. The second-order valence-electron chi connectivity index (χ2n) is 6.43. The van der Waals surface area contributed by atoms with Crippen LogP contribution < -0.4 is 10.6 Å². The monoisotopic (exact) mass is 345 g/mol. The molecule has 0 aliphatic heterocycles. The Hall–Kier alpha value is -2.31. The quantitative estimate of drug-likeness (QED) is 0.436. The largest absolute Gasteiger partial charge is 0.356 e. The second-order valence-corrected chi connectivity index (χ2v) is 6.43. The van der Waals surface area contributed by atoms with E-state index in [0.29, 0.717) is 0 Å². The fourth-order valence-electron chi connectivity index (χ4n) is 2.89. The first kappa shape index (κ1) is 19.0. The molecule has 2 heterocycles. The molecule has 0 radical (unpaired) electrons. The molecule has 7 heteroatoms. The van der Waals surface area contributed by atoms with E-state index in [1.165, 1.54) is 11.4 Å². The lowest BCUT2D eigenvalue weighted by atomic mass is 10.3. The summed E-state index contributed by atoms with van der Waals surface area (Å²) in [5, 5.41) is 15.7. The third-order valence-corrected chi connectivity index (χ3v) is 4.11. The lowest BCUT2D eigenvalue weighted by molar-refractivity contribution is 0.546. The number of aryl methyl sites for hydroxylation is 6. The van der Waals surface area contributed by atoms with Gasteiger partial charge < -0.3 is 10.6 Å². The molecule has 0 atom stereocenters. The van der Waals surface area contributed by atoms with Crippen molar-refractivity contribution in [3.8, 4) is 0 Å². The Labute approximate surface area is 150 Å². The Balaban J connectivity index is 1.62. The van der Waals surface area contributed by atoms with Gasteiger partial charge >= 0.3 is 0 Å². The molecule has 2 aromatic heterocycles. The van der Waals surface area contributed by atoms with Crippen molar-refractivity contribution in [2.24, 2.45) is 4.99 Å². The Bertz CT molecular complexity index is 640. The van der Waals surface area contributed by atoms with Crippen LogP contribution >= 0.6 is 0 Å². The van der Waals surface area contributed by atoms with Gasteiger partial charge in [-0.1, -0.05) is 0 Å². The van der Waals surface area contributed by atoms with Crippen molar-refractivity contribution in [2.45, 2.75) is 53.6 Å². The minimum atomic E-state index is 0.849. The molecule has 0 aliphatic rings. The van der Waals surface area contributed by atoms with Gasteiger partial charge in [0.05, 0.1) is 11.4 Å². The molecule has 25 heavy (non-hydrogen) atoms. The molecule has 0 aromatic carbocycles. The van der Waals surface area contributed by atoms with E-state index in [9.17, 15) is 0 Å². The van der Waals surface area contributed by atoms with Gasteiger partial charge in [0.25, 0.3) is 0 Å². The highest BCUT2D eigenvalue weighted by molar-refractivity contribution is 5.79. The molecule has 0 fully saturated rings. The van der Waals surface area contributed by atoms with E-state index >= 15 is 0 Å². The first-order valence-corrected chi connectivity index (χ1v) is 8.96. The fraction of sp³-hybridized carbons (Fsp3) is 0.611. The first-order valence-electron chi connectivity index (χ1n) is 8.96. The zero-order valence-corrected chi connectivity index (χ0v) is 16.1. The van der Waals surface area contributed by atoms with Crippen LogP contribution in [0.2, 0.25) is 0 Å². The summed E-state index contributed by atoms with van der Waals surface area (Å²) >= 11 is 0. The summed E-state index contributed by atoms with van der Waals surface area (Å²) in [5.41, 5.74) is 4.57. The normalized spacial score (nSPS) is 10.8. The fourth-order valence-corrected chi connectivity index (χ4v) is 2.89. The first-order chi connectivity index (χ1) is 12.0.